The summed E-state index contributed by atoms with van der Waals surface area (Å²) in [5, 5.41) is 2.58. The molecule has 0 bridgehead atoms. The Morgan fingerprint density at radius 3 is 2.30 bits per heavy atom. The summed E-state index contributed by atoms with van der Waals surface area (Å²) < 4.78 is 0. The first kappa shape index (κ1) is 16.8. The first-order valence-corrected chi connectivity index (χ1v) is 7.18. The maximum Gasteiger partial charge on any atom is 0.242 e. The Kier molecular flexibility index (Phi) is 5.80. The van der Waals surface area contributed by atoms with Gasteiger partial charge in [-0.05, 0) is 5.92 Å². The zero-order chi connectivity index (χ0) is 15.4. The molecule has 0 radical (unpaired) electrons. The number of halogens is 1. The molecule has 1 N–H and O–H groups in total. The third-order valence-electron chi connectivity index (χ3n) is 3.61. The van der Waals surface area contributed by atoms with Crippen molar-refractivity contribution in [1.29, 1.82) is 0 Å². The maximum absolute atomic E-state index is 12.3. The number of likely N-dealkylation sites (N-methyl/N-ethyl adjacent to an activating group) is 2. The number of nitrogens with one attached hydrogen (secondary N) is 1. The van der Waals surface area contributed by atoms with Crippen LogP contribution in [-0.4, -0.2) is 66.6 Å². The van der Waals surface area contributed by atoms with Gasteiger partial charge in [0.25, 0.3) is 0 Å². The van der Waals surface area contributed by atoms with Gasteiger partial charge in [-0.15, -0.1) is 11.6 Å². The summed E-state index contributed by atoms with van der Waals surface area (Å²) in [7, 11) is 3.19. The number of nitrogens with zero attached hydrogens (tertiary/aromatic N) is 2. The van der Waals surface area contributed by atoms with Crippen molar-refractivity contribution in [3.05, 3.63) is 0 Å². The van der Waals surface area contributed by atoms with Crippen LogP contribution in [0.5, 0.6) is 0 Å². The largest absolute Gasteiger partial charge is 0.357 e. The lowest BCUT2D eigenvalue weighted by atomic mass is 9.95. The zero-order valence-corrected chi connectivity index (χ0v) is 13.1. The minimum absolute atomic E-state index is 0.0181. The SMILES string of the molecule is CNC(=O)[C@H](C(C)C)N(C)C(=O)C1CN(C(=O)CCl)C1. The molecule has 0 aromatic rings. The smallest absolute Gasteiger partial charge is 0.242 e. The molecule has 0 aliphatic carbocycles. The Morgan fingerprint density at radius 1 is 1.35 bits per heavy atom. The standard InChI is InChI=1S/C13H22ClN3O3/c1-8(2)11(12(19)15-3)16(4)13(20)9-6-17(7-9)10(18)5-14/h8-9,11H,5-7H2,1-4H3,(H,15,19)/t11-/m0/s1. The number of hydrogen-bond acceptors (Lipinski definition) is 3. The number of amides is 3. The molecule has 0 aromatic heterocycles. The quantitative estimate of drug-likeness (QED) is 0.722. The van der Waals surface area contributed by atoms with Crippen molar-refractivity contribution in [3.8, 4) is 0 Å². The van der Waals surface area contributed by atoms with Crippen LogP contribution in [0, 0.1) is 11.8 Å². The normalized spacial score (nSPS) is 16.6. The van der Waals surface area contributed by atoms with Crippen LogP contribution in [0.3, 0.4) is 0 Å². The van der Waals surface area contributed by atoms with E-state index in [2.05, 4.69) is 5.32 Å². The van der Waals surface area contributed by atoms with Crippen LogP contribution in [0.15, 0.2) is 0 Å². The zero-order valence-electron chi connectivity index (χ0n) is 12.4. The fourth-order valence-electron chi connectivity index (χ4n) is 2.42. The molecule has 1 aliphatic rings. The molecule has 20 heavy (non-hydrogen) atoms. The molecule has 0 saturated carbocycles. The van der Waals surface area contributed by atoms with Crippen molar-refractivity contribution >= 4 is 29.3 Å². The number of carbonyl (C=O) groups excluding carboxylic acids is 3. The molecule has 1 fully saturated rings. The summed E-state index contributed by atoms with van der Waals surface area (Å²) in [4.78, 5) is 38.5. The van der Waals surface area contributed by atoms with Gasteiger partial charge in [0.2, 0.25) is 17.7 Å². The lowest BCUT2D eigenvalue weighted by molar-refractivity contribution is -0.151. The summed E-state index contributed by atoms with van der Waals surface area (Å²) >= 11 is 5.46. The van der Waals surface area contributed by atoms with Gasteiger partial charge in [0.05, 0.1) is 5.92 Å². The van der Waals surface area contributed by atoms with Gasteiger partial charge in [0.15, 0.2) is 0 Å². The molecule has 1 aliphatic heterocycles. The second kappa shape index (κ2) is 6.92. The summed E-state index contributed by atoms with van der Waals surface area (Å²) in [6.45, 7) is 4.56. The van der Waals surface area contributed by atoms with Crippen LogP contribution >= 0.6 is 11.6 Å². The van der Waals surface area contributed by atoms with Crippen LogP contribution in [-0.2, 0) is 14.4 Å². The monoisotopic (exact) mass is 303 g/mol. The molecular formula is C13H22ClN3O3. The molecular weight excluding hydrogens is 282 g/mol. The topological polar surface area (TPSA) is 69.7 Å². The van der Waals surface area contributed by atoms with Gasteiger partial charge in [-0.2, -0.15) is 0 Å². The molecule has 0 spiro atoms. The summed E-state index contributed by atoms with van der Waals surface area (Å²) in [5.74, 6) is -0.730. The van der Waals surface area contributed by atoms with E-state index in [1.807, 2.05) is 13.8 Å². The van der Waals surface area contributed by atoms with E-state index in [4.69, 9.17) is 11.6 Å². The van der Waals surface area contributed by atoms with E-state index < -0.39 is 6.04 Å². The molecule has 7 heteroatoms. The van der Waals surface area contributed by atoms with E-state index in [9.17, 15) is 14.4 Å². The lowest BCUT2D eigenvalue weighted by Gasteiger charge is -2.41. The number of rotatable bonds is 5. The molecule has 6 nitrogen and oxygen atoms in total. The number of likely N-dealkylation sites (tertiary alicyclic amines) is 1. The Hall–Kier alpha value is -1.30. The Labute approximate surface area is 124 Å². The van der Waals surface area contributed by atoms with Crippen LogP contribution < -0.4 is 5.32 Å². The predicted molar refractivity (Wildman–Crippen MR) is 76.3 cm³/mol. The van der Waals surface area contributed by atoms with E-state index in [1.165, 1.54) is 4.90 Å². The molecule has 3 amide bonds. The Balaban J connectivity index is 2.63. The van der Waals surface area contributed by atoms with Gasteiger partial charge in [-0.3, -0.25) is 14.4 Å². The highest BCUT2D eigenvalue weighted by Gasteiger charge is 2.40. The molecule has 0 unspecified atom stereocenters. The van der Waals surface area contributed by atoms with Crippen molar-refractivity contribution in [1.82, 2.24) is 15.1 Å². The average Bonchev–Trinajstić information content (AvgIpc) is 2.35. The second-order valence-corrected chi connectivity index (χ2v) is 5.65. The van der Waals surface area contributed by atoms with E-state index >= 15 is 0 Å². The maximum atomic E-state index is 12.3. The minimum Gasteiger partial charge on any atom is -0.357 e. The number of carbonyl (C=O) groups is 3. The predicted octanol–water partition coefficient (Wildman–Crippen LogP) is -0.0874. The lowest BCUT2D eigenvalue weighted by Crippen LogP contribution is -2.59. The third-order valence-corrected chi connectivity index (χ3v) is 3.84. The van der Waals surface area contributed by atoms with Crippen molar-refractivity contribution in [2.45, 2.75) is 19.9 Å². The van der Waals surface area contributed by atoms with Crippen molar-refractivity contribution in [3.63, 3.8) is 0 Å². The Morgan fingerprint density at radius 2 is 1.90 bits per heavy atom. The van der Waals surface area contributed by atoms with Gasteiger partial charge < -0.3 is 15.1 Å². The molecule has 1 heterocycles. The number of hydrogen-bond donors (Lipinski definition) is 1. The third kappa shape index (κ3) is 3.42. The fourth-order valence-corrected chi connectivity index (χ4v) is 2.59. The van der Waals surface area contributed by atoms with E-state index in [1.54, 1.807) is 19.0 Å². The fraction of sp³-hybridized carbons (Fsp3) is 0.769. The van der Waals surface area contributed by atoms with Crippen molar-refractivity contribution in [2.24, 2.45) is 11.8 Å². The van der Waals surface area contributed by atoms with Crippen LogP contribution in [0.25, 0.3) is 0 Å². The highest BCUT2D eigenvalue weighted by Crippen LogP contribution is 2.21. The van der Waals surface area contributed by atoms with E-state index in [-0.39, 0.29) is 35.4 Å². The van der Waals surface area contributed by atoms with Crippen LogP contribution in [0.2, 0.25) is 0 Å². The summed E-state index contributed by atoms with van der Waals surface area (Å²) in [6.07, 6.45) is 0. The summed E-state index contributed by atoms with van der Waals surface area (Å²) in [6, 6.07) is -0.495. The Bertz CT molecular complexity index is 394. The highest BCUT2D eigenvalue weighted by atomic mass is 35.5. The first-order valence-electron chi connectivity index (χ1n) is 6.65. The summed E-state index contributed by atoms with van der Waals surface area (Å²) in [5.41, 5.74) is 0. The highest BCUT2D eigenvalue weighted by molar-refractivity contribution is 6.27. The van der Waals surface area contributed by atoms with Gasteiger partial charge in [0.1, 0.15) is 11.9 Å². The van der Waals surface area contributed by atoms with Crippen molar-refractivity contribution < 1.29 is 14.4 Å². The van der Waals surface area contributed by atoms with Crippen molar-refractivity contribution in [2.75, 3.05) is 33.1 Å². The van der Waals surface area contributed by atoms with E-state index in [0.717, 1.165) is 0 Å². The van der Waals surface area contributed by atoms with Gasteiger partial charge in [0, 0.05) is 27.2 Å². The molecule has 1 rings (SSSR count). The van der Waals surface area contributed by atoms with Gasteiger partial charge in [-0.25, -0.2) is 0 Å². The molecule has 1 atom stereocenters. The van der Waals surface area contributed by atoms with Crippen LogP contribution in [0.1, 0.15) is 13.8 Å². The molecule has 1 saturated heterocycles. The average molecular weight is 304 g/mol. The van der Waals surface area contributed by atoms with E-state index in [0.29, 0.717) is 13.1 Å². The first-order chi connectivity index (χ1) is 9.33. The minimum atomic E-state index is -0.495. The number of alkyl halides is 1. The second-order valence-electron chi connectivity index (χ2n) is 5.38. The van der Waals surface area contributed by atoms with Gasteiger partial charge in [-0.1, -0.05) is 13.8 Å². The molecule has 114 valence electrons. The molecule has 0 aromatic carbocycles. The van der Waals surface area contributed by atoms with Gasteiger partial charge >= 0.3 is 0 Å². The van der Waals surface area contributed by atoms with Crippen LogP contribution in [0.4, 0.5) is 0 Å².